The van der Waals surface area contributed by atoms with E-state index in [9.17, 15) is 0 Å². The van der Waals surface area contributed by atoms with Crippen molar-refractivity contribution in [3.63, 3.8) is 0 Å². The summed E-state index contributed by atoms with van der Waals surface area (Å²) in [5.74, 6) is 0. The predicted molar refractivity (Wildman–Crippen MR) is 102 cm³/mol. The number of aromatic amines is 1. The summed E-state index contributed by atoms with van der Waals surface area (Å²) in [6, 6.07) is 22.9. The number of hydrogen-bond acceptors (Lipinski definition) is 3. The first-order chi connectivity index (χ1) is 11.4. The fourth-order valence-electron chi connectivity index (χ4n) is 2.03. The highest BCUT2D eigenvalue weighted by molar-refractivity contribution is 7.17. The number of thiophene rings is 2. The van der Waals surface area contributed by atoms with Crippen molar-refractivity contribution in [2.24, 2.45) is 0 Å². The van der Waals surface area contributed by atoms with Crippen LogP contribution in [0.1, 0.15) is 0 Å². The lowest BCUT2D eigenvalue weighted by Crippen LogP contribution is -1.56. The van der Waals surface area contributed by atoms with Gasteiger partial charge in [-0.1, -0.05) is 36.4 Å². The summed E-state index contributed by atoms with van der Waals surface area (Å²) in [5, 5.41) is 13.1. The average molecular weight is 336 g/mol. The van der Waals surface area contributed by atoms with Gasteiger partial charge >= 0.3 is 0 Å². The molecule has 5 aromatic rings. The van der Waals surface area contributed by atoms with Gasteiger partial charge in [0.05, 0.1) is 0 Å². The van der Waals surface area contributed by atoms with E-state index in [2.05, 4.69) is 81.6 Å². The van der Waals surface area contributed by atoms with Crippen molar-refractivity contribution in [1.82, 2.24) is 10.2 Å². The lowest BCUT2D eigenvalue weighted by molar-refractivity contribution is 1.09. The monoisotopic (exact) mass is 336 g/mol. The van der Waals surface area contributed by atoms with Crippen molar-refractivity contribution in [1.29, 1.82) is 0 Å². The van der Waals surface area contributed by atoms with Gasteiger partial charge in [0.15, 0.2) is 0 Å². The predicted octanol–water partition coefficient (Wildman–Crippen LogP) is 6.21. The van der Waals surface area contributed by atoms with Gasteiger partial charge in [0.1, 0.15) is 0 Å². The van der Waals surface area contributed by atoms with Crippen molar-refractivity contribution in [3.05, 3.63) is 89.9 Å². The third kappa shape index (κ3) is 4.52. The molecule has 0 aliphatic heterocycles. The maximum absolute atomic E-state index is 3.60. The van der Waals surface area contributed by atoms with Gasteiger partial charge in [-0.25, -0.2) is 0 Å². The Balaban J connectivity index is 0.000000107. The summed E-state index contributed by atoms with van der Waals surface area (Å²) >= 11 is 3.57. The Morgan fingerprint density at radius 1 is 0.652 bits per heavy atom. The van der Waals surface area contributed by atoms with Crippen LogP contribution in [0.3, 0.4) is 0 Å². The Hall–Kier alpha value is -2.43. The molecule has 5 rings (SSSR count). The van der Waals surface area contributed by atoms with Crippen molar-refractivity contribution < 1.29 is 0 Å². The van der Waals surface area contributed by atoms with E-state index in [1.165, 1.54) is 20.2 Å². The minimum absolute atomic E-state index is 1.35. The first kappa shape index (κ1) is 15.5. The topological polar surface area (TPSA) is 28.7 Å². The second kappa shape index (κ2) is 8.27. The molecule has 0 saturated carbocycles. The summed E-state index contributed by atoms with van der Waals surface area (Å²) in [4.78, 5) is 0. The highest BCUT2D eigenvalue weighted by Gasteiger charge is 1.88. The molecule has 0 radical (unpaired) electrons. The van der Waals surface area contributed by atoms with Crippen LogP contribution in [0.2, 0.25) is 0 Å². The standard InChI is InChI=1S/2C8H6S.C3H4N2/c2*1-2-4-8-7(3-1)5-6-9-8;1-2-4-5-3-1/h2*1-6H;1-3H,(H,4,5). The van der Waals surface area contributed by atoms with Gasteiger partial charge in [-0.3, -0.25) is 5.10 Å². The molecule has 0 fully saturated rings. The number of hydrogen-bond donors (Lipinski definition) is 1. The normalized spacial score (nSPS) is 9.74. The highest BCUT2D eigenvalue weighted by atomic mass is 32.1. The summed E-state index contributed by atoms with van der Waals surface area (Å²) in [6.45, 7) is 0. The van der Waals surface area contributed by atoms with Crippen LogP contribution in [0.5, 0.6) is 0 Å². The molecule has 0 atom stereocenters. The van der Waals surface area contributed by atoms with Gasteiger partial charge in [0.2, 0.25) is 0 Å². The molecule has 0 saturated heterocycles. The molecule has 0 spiro atoms. The van der Waals surface area contributed by atoms with Crippen molar-refractivity contribution >= 4 is 42.8 Å². The van der Waals surface area contributed by atoms with Crippen LogP contribution in [0.4, 0.5) is 0 Å². The number of fused-ring (bicyclic) bond motifs is 2. The quantitative estimate of drug-likeness (QED) is 0.358. The lowest BCUT2D eigenvalue weighted by atomic mass is 10.3. The van der Waals surface area contributed by atoms with Gasteiger partial charge < -0.3 is 0 Å². The number of nitrogens with one attached hydrogen (secondary N) is 1. The van der Waals surface area contributed by atoms with E-state index in [-0.39, 0.29) is 0 Å². The Labute approximate surface area is 143 Å². The summed E-state index contributed by atoms with van der Waals surface area (Å²) in [5.41, 5.74) is 0. The highest BCUT2D eigenvalue weighted by Crippen LogP contribution is 2.19. The van der Waals surface area contributed by atoms with E-state index < -0.39 is 0 Å². The molecule has 0 unspecified atom stereocenters. The van der Waals surface area contributed by atoms with Gasteiger partial charge in [-0.2, -0.15) is 5.10 Å². The number of H-pyrrole nitrogens is 1. The molecule has 0 aliphatic carbocycles. The smallest absolute Gasteiger partial charge is 0.0487 e. The van der Waals surface area contributed by atoms with Crippen LogP contribution in [-0.2, 0) is 0 Å². The summed E-state index contributed by atoms with van der Waals surface area (Å²) < 4.78 is 2.75. The first-order valence-electron chi connectivity index (χ1n) is 7.22. The van der Waals surface area contributed by atoms with Crippen LogP contribution in [0, 0.1) is 0 Å². The summed E-state index contributed by atoms with van der Waals surface area (Å²) in [6.07, 6.45) is 3.46. The van der Waals surface area contributed by atoms with E-state index in [1.54, 1.807) is 35.1 Å². The van der Waals surface area contributed by atoms with Crippen molar-refractivity contribution in [3.8, 4) is 0 Å². The number of rotatable bonds is 0. The number of benzene rings is 2. The zero-order chi connectivity index (χ0) is 15.7. The van der Waals surface area contributed by atoms with Crippen molar-refractivity contribution in [2.75, 3.05) is 0 Å². The van der Waals surface area contributed by atoms with Crippen LogP contribution in [0.15, 0.2) is 89.9 Å². The van der Waals surface area contributed by atoms with Crippen LogP contribution < -0.4 is 0 Å². The molecule has 2 aromatic carbocycles. The maximum atomic E-state index is 3.60. The second-order valence-electron chi connectivity index (χ2n) is 4.68. The Bertz CT molecular complexity index is 792. The fourth-order valence-corrected chi connectivity index (χ4v) is 3.61. The molecule has 3 heterocycles. The van der Waals surface area contributed by atoms with Gasteiger partial charge in [-0.15, -0.1) is 22.7 Å². The van der Waals surface area contributed by atoms with Gasteiger partial charge in [0.25, 0.3) is 0 Å². The third-order valence-corrected chi connectivity index (χ3v) is 4.92. The zero-order valence-corrected chi connectivity index (χ0v) is 14.1. The molecule has 3 aromatic heterocycles. The largest absolute Gasteiger partial charge is 0.286 e. The Morgan fingerprint density at radius 3 is 1.61 bits per heavy atom. The lowest BCUT2D eigenvalue weighted by Gasteiger charge is -1.82. The molecular weight excluding hydrogens is 320 g/mol. The Morgan fingerprint density at radius 2 is 1.22 bits per heavy atom. The first-order valence-corrected chi connectivity index (χ1v) is 8.97. The molecule has 0 aliphatic rings. The SMILES string of the molecule is c1ccc2sccc2c1.c1ccc2sccc2c1.c1cn[nH]c1. The summed E-state index contributed by atoms with van der Waals surface area (Å²) in [7, 11) is 0. The zero-order valence-electron chi connectivity index (χ0n) is 12.4. The molecule has 0 amide bonds. The molecule has 114 valence electrons. The maximum Gasteiger partial charge on any atom is 0.0487 e. The van der Waals surface area contributed by atoms with Gasteiger partial charge in [0, 0.05) is 21.8 Å². The minimum atomic E-state index is 1.35. The van der Waals surface area contributed by atoms with E-state index in [0.717, 1.165) is 0 Å². The van der Waals surface area contributed by atoms with E-state index in [4.69, 9.17) is 0 Å². The van der Waals surface area contributed by atoms with Crippen LogP contribution in [-0.4, -0.2) is 10.2 Å². The third-order valence-electron chi connectivity index (χ3n) is 3.13. The molecule has 2 nitrogen and oxygen atoms in total. The number of aromatic nitrogens is 2. The van der Waals surface area contributed by atoms with E-state index >= 15 is 0 Å². The van der Waals surface area contributed by atoms with Gasteiger partial charge in [-0.05, 0) is 51.9 Å². The minimum Gasteiger partial charge on any atom is -0.286 e. The van der Waals surface area contributed by atoms with Crippen LogP contribution in [0.25, 0.3) is 20.2 Å². The molecule has 1 N–H and O–H groups in total. The molecule has 0 bridgehead atoms. The fraction of sp³-hybridized carbons (Fsp3) is 0. The molecular formula is C19H16N2S2. The number of nitrogens with zero attached hydrogens (tertiary/aromatic N) is 1. The Kier molecular flexibility index (Phi) is 5.56. The average Bonchev–Trinajstić information content (AvgIpc) is 3.37. The van der Waals surface area contributed by atoms with Crippen molar-refractivity contribution in [2.45, 2.75) is 0 Å². The molecule has 23 heavy (non-hydrogen) atoms. The van der Waals surface area contributed by atoms with E-state index in [0.29, 0.717) is 0 Å². The van der Waals surface area contributed by atoms with Crippen LogP contribution >= 0.6 is 22.7 Å². The molecule has 4 heteroatoms. The second-order valence-corrected chi connectivity index (χ2v) is 6.58. The van der Waals surface area contributed by atoms with E-state index in [1.807, 2.05) is 6.07 Å².